The molecule has 0 aliphatic rings. The molecule has 0 unspecified atom stereocenters. The maximum Gasteiger partial charge on any atom is 0.256 e. The summed E-state index contributed by atoms with van der Waals surface area (Å²) < 4.78 is 11.0. The summed E-state index contributed by atoms with van der Waals surface area (Å²) in [5, 5.41) is 2.79. The molecule has 3 N–H and O–H groups in total. The van der Waals surface area contributed by atoms with Crippen LogP contribution in [0.4, 0.5) is 11.4 Å². The number of nitrogens with two attached hydrogens (primary N) is 1. The number of benzene rings is 2. The third-order valence-electron chi connectivity index (χ3n) is 2.84. The van der Waals surface area contributed by atoms with Crippen molar-refractivity contribution in [2.45, 2.75) is 0 Å². The highest BCUT2D eigenvalue weighted by Crippen LogP contribution is 2.27. The van der Waals surface area contributed by atoms with Crippen LogP contribution in [-0.4, -0.2) is 20.1 Å². The van der Waals surface area contributed by atoms with Crippen LogP contribution in [0.3, 0.4) is 0 Å². The van der Waals surface area contributed by atoms with Gasteiger partial charge in [-0.3, -0.25) is 4.79 Å². The number of anilines is 2. The SMILES string of the molecule is COc1cc(NC(=O)c2cc(N)ccc2Br)cc(OC)c1. The van der Waals surface area contributed by atoms with Crippen LogP contribution in [0.25, 0.3) is 0 Å². The van der Waals surface area contributed by atoms with Gasteiger partial charge in [0, 0.05) is 34.0 Å². The number of hydrogen-bond acceptors (Lipinski definition) is 4. The van der Waals surface area contributed by atoms with Gasteiger partial charge in [0.25, 0.3) is 5.91 Å². The topological polar surface area (TPSA) is 73.6 Å². The summed E-state index contributed by atoms with van der Waals surface area (Å²) in [5.74, 6) is 0.914. The molecule has 6 heteroatoms. The minimum atomic E-state index is -0.274. The molecule has 110 valence electrons. The third kappa shape index (κ3) is 3.66. The number of ether oxygens (including phenoxy) is 2. The summed E-state index contributed by atoms with van der Waals surface area (Å²) in [6.07, 6.45) is 0. The number of methoxy groups -OCH3 is 2. The van der Waals surface area contributed by atoms with Crippen LogP contribution in [-0.2, 0) is 0 Å². The molecule has 0 saturated carbocycles. The van der Waals surface area contributed by atoms with E-state index >= 15 is 0 Å². The second-order valence-corrected chi connectivity index (χ2v) is 5.15. The fraction of sp³-hybridized carbons (Fsp3) is 0.133. The molecule has 5 nitrogen and oxygen atoms in total. The third-order valence-corrected chi connectivity index (χ3v) is 3.54. The number of hydrogen-bond donors (Lipinski definition) is 2. The van der Waals surface area contributed by atoms with Crippen molar-refractivity contribution in [2.75, 3.05) is 25.3 Å². The largest absolute Gasteiger partial charge is 0.497 e. The summed E-state index contributed by atoms with van der Waals surface area (Å²) in [6, 6.07) is 10.2. The van der Waals surface area contributed by atoms with Crippen molar-refractivity contribution in [3.8, 4) is 11.5 Å². The van der Waals surface area contributed by atoms with Gasteiger partial charge in [-0.15, -0.1) is 0 Å². The van der Waals surface area contributed by atoms with Crippen LogP contribution in [0.2, 0.25) is 0 Å². The summed E-state index contributed by atoms with van der Waals surface area (Å²) in [4.78, 5) is 12.3. The first-order chi connectivity index (χ1) is 10.0. The molecule has 2 aromatic rings. The molecule has 0 heterocycles. The van der Waals surface area contributed by atoms with E-state index in [2.05, 4.69) is 21.2 Å². The second kappa shape index (κ2) is 6.49. The van der Waals surface area contributed by atoms with Crippen molar-refractivity contribution < 1.29 is 14.3 Å². The lowest BCUT2D eigenvalue weighted by Gasteiger charge is -2.11. The Balaban J connectivity index is 2.28. The van der Waals surface area contributed by atoms with E-state index in [4.69, 9.17) is 15.2 Å². The number of amides is 1. The first kappa shape index (κ1) is 15.2. The fourth-order valence-corrected chi connectivity index (χ4v) is 2.22. The van der Waals surface area contributed by atoms with Crippen molar-refractivity contribution in [3.63, 3.8) is 0 Å². The number of rotatable bonds is 4. The second-order valence-electron chi connectivity index (χ2n) is 4.29. The molecule has 0 saturated heterocycles. The molecule has 0 aliphatic carbocycles. The average Bonchev–Trinajstić information content (AvgIpc) is 2.49. The van der Waals surface area contributed by atoms with Gasteiger partial charge in [0.1, 0.15) is 11.5 Å². The van der Waals surface area contributed by atoms with E-state index in [9.17, 15) is 4.79 Å². The Hall–Kier alpha value is -2.21. The lowest BCUT2D eigenvalue weighted by atomic mass is 10.2. The van der Waals surface area contributed by atoms with Gasteiger partial charge in [-0.25, -0.2) is 0 Å². The first-order valence-corrected chi connectivity index (χ1v) is 6.92. The van der Waals surface area contributed by atoms with E-state index in [0.29, 0.717) is 32.9 Å². The Kier molecular flexibility index (Phi) is 4.70. The van der Waals surface area contributed by atoms with E-state index in [-0.39, 0.29) is 5.91 Å². The van der Waals surface area contributed by atoms with E-state index in [1.807, 2.05) is 0 Å². The molecular weight excluding hydrogens is 336 g/mol. The maximum absolute atomic E-state index is 12.3. The van der Waals surface area contributed by atoms with Gasteiger partial charge in [-0.1, -0.05) is 0 Å². The Morgan fingerprint density at radius 2 is 1.71 bits per heavy atom. The molecular formula is C15H15BrN2O3. The summed E-state index contributed by atoms with van der Waals surface area (Å²) in [6.45, 7) is 0. The van der Waals surface area contributed by atoms with E-state index < -0.39 is 0 Å². The number of carbonyl (C=O) groups is 1. The highest BCUT2D eigenvalue weighted by Gasteiger charge is 2.12. The minimum absolute atomic E-state index is 0.274. The van der Waals surface area contributed by atoms with Crippen LogP contribution in [0.5, 0.6) is 11.5 Å². The van der Waals surface area contributed by atoms with Crippen molar-refractivity contribution >= 4 is 33.2 Å². The van der Waals surface area contributed by atoms with Crippen molar-refractivity contribution in [3.05, 3.63) is 46.4 Å². The van der Waals surface area contributed by atoms with Crippen LogP contribution in [0, 0.1) is 0 Å². The van der Waals surface area contributed by atoms with Crippen molar-refractivity contribution in [1.29, 1.82) is 0 Å². The molecule has 0 bridgehead atoms. The zero-order valence-corrected chi connectivity index (χ0v) is 13.2. The number of carbonyl (C=O) groups excluding carboxylic acids is 1. The summed E-state index contributed by atoms with van der Waals surface area (Å²) in [7, 11) is 3.10. The zero-order valence-electron chi connectivity index (χ0n) is 11.6. The normalized spacial score (nSPS) is 10.0. The standard InChI is InChI=1S/C15H15BrN2O3/c1-20-11-6-10(7-12(8-11)21-2)18-15(19)13-5-9(17)3-4-14(13)16/h3-8H,17H2,1-2H3,(H,18,19). The van der Waals surface area contributed by atoms with Gasteiger partial charge in [0.15, 0.2) is 0 Å². The predicted octanol–water partition coefficient (Wildman–Crippen LogP) is 3.30. The Labute approximate surface area is 131 Å². The molecule has 0 spiro atoms. The van der Waals surface area contributed by atoms with Crippen molar-refractivity contribution in [2.24, 2.45) is 0 Å². The lowest BCUT2D eigenvalue weighted by Crippen LogP contribution is -2.13. The predicted molar refractivity (Wildman–Crippen MR) is 86.1 cm³/mol. The molecule has 2 aromatic carbocycles. The van der Waals surface area contributed by atoms with Gasteiger partial charge in [0.2, 0.25) is 0 Å². The molecule has 0 fully saturated rings. The molecule has 0 radical (unpaired) electrons. The quantitative estimate of drug-likeness (QED) is 0.829. The molecule has 21 heavy (non-hydrogen) atoms. The van der Waals surface area contributed by atoms with Crippen molar-refractivity contribution in [1.82, 2.24) is 0 Å². The molecule has 2 rings (SSSR count). The first-order valence-electron chi connectivity index (χ1n) is 6.13. The molecule has 1 amide bonds. The van der Waals surface area contributed by atoms with E-state index in [1.165, 1.54) is 0 Å². The average molecular weight is 351 g/mol. The van der Waals surface area contributed by atoms with Crippen LogP contribution in [0.15, 0.2) is 40.9 Å². The Bertz CT molecular complexity index is 652. The molecule has 0 aliphatic heterocycles. The molecule has 0 aromatic heterocycles. The highest BCUT2D eigenvalue weighted by atomic mass is 79.9. The Morgan fingerprint density at radius 3 is 2.29 bits per heavy atom. The molecule has 0 atom stereocenters. The van der Waals surface area contributed by atoms with Gasteiger partial charge in [-0.2, -0.15) is 0 Å². The van der Waals surface area contributed by atoms with Gasteiger partial charge < -0.3 is 20.5 Å². The minimum Gasteiger partial charge on any atom is -0.497 e. The lowest BCUT2D eigenvalue weighted by molar-refractivity contribution is 0.102. The van der Waals surface area contributed by atoms with Crippen LogP contribution >= 0.6 is 15.9 Å². The Morgan fingerprint density at radius 1 is 1.10 bits per heavy atom. The summed E-state index contributed by atoms with van der Waals surface area (Å²) >= 11 is 3.33. The zero-order chi connectivity index (χ0) is 15.4. The monoisotopic (exact) mass is 350 g/mol. The smallest absolute Gasteiger partial charge is 0.256 e. The maximum atomic E-state index is 12.3. The van der Waals surface area contributed by atoms with E-state index in [0.717, 1.165) is 0 Å². The fourth-order valence-electron chi connectivity index (χ4n) is 1.79. The van der Waals surface area contributed by atoms with E-state index in [1.54, 1.807) is 50.6 Å². The summed E-state index contributed by atoms with van der Waals surface area (Å²) in [5.41, 5.74) is 7.26. The number of nitrogens with one attached hydrogen (secondary N) is 1. The number of halogens is 1. The van der Waals surface area contributed by atoms with Gasteiger partial charge >= 0.3 is 0 Å². The number of nitrogen functional groups attached to an aromatic ring is 1. The van der Waals surface area contributed by atoms with Gasteiger partial charge in [-0.05, 0) is 34.1 Å². The van der Waals surface area contributed by atoms with Gasteiger partial charge in [0.05, 0.1) is 19.8 Å². The van der Waals surface area contributed by atoms with Crippen LogP contribution in [0.1, 0.15) is 10.4 Å². The van der Waals surface area contributed by atoms with Crippen LogP contribution < -0.4 is 20.5 Å². The highest BCUT2D eigenvalue weighted by molar-refractivity contribution is 9.10.